The molecule has 0 unspecified atom stereocenters. The second kappa shape index (κ2) is 8.16. The second-order valence-electron chi connectivity index (χ2n) is 9.11. The molecule has 2 fully saturated rings. The Labute approximate surface area is 181 Å². The molecule has 7 nitrogen and oxygen atoms in total. The highest BCUT2D eigenvalue weighted by Gasteiger charge is 2.41. The molecule has 2 aromatic rings. The van der Waals surface area contributed by atoms with Gasteiger partial charge < -0.3 is 19.9 Å². The van der Waals surface area contributed by atoms with Crippen molar-refractivity contribution in [2.45, 2.75) is 63.8 Å². The predicted molar refractivity (Wildman–Crippen MR) is 113 cm³/mol. The van der Waals surface area contributed by atoms with Crippen LogP contribution in [0.4, 0.5) is 10.2 Å². The van der Waals surface area contributed by atoms with Gasteiger partial charge in [0.25, 0.3) is 0 Å². The maximum atomic E-state index is 14.7. The summed E-state index contributed by atoms with van der Waals surface area (Å²) in [5, 5.41) is 0. The molecule has 1 aromatic heterocycles. The fourth-order valence-electron chi connectivity index (χ4n) is 4.12. The van der Waals surface area contributed by atoms with Gasteiger partial charge in [-0.1, -0.05) is 6.07 Å². The number of nitrogen functional groups attached to an aromatic ring is 1. The predicted octanol–water partition coefficient (Wildman–Crippen LogP) is 4.22. The minimum absolute atomic E-state index is 0.129. The summed E-state index contributed by atoms with van der Waals surface area (Å²) in [7, 11) is 0. The van der Waals surface area contributed by atoms with Crippen LogP contribution in [0.5, 0.6) is 0 Å². The van der Waals surface area contributed by atoms with E-state index in [0.29, 0.717) is 24.5 Å². The third-order valence-corrected chi connectivity index (χ3v) is 5.66. The van der Waals surface area contributed by atoms with Crippen molar-refractivity contribution in [1.82, 2.24) is 9.97 Å². The average Bonchev–Trinajstić information content (AvgIpc) is 3.15. The van der Waals surface area contributed by atoms with Gasteiger partial charge in [0.05, 0.1) is 30.7 Å². The van der Waals surface area contributed by atoms with Crippen molar-refractivity contribution in [1.29, 1.82) is 0 Å². The van der Waals surface area contributed by atoms with Crippen molar-refractivity contribution < 1.29 is 23.4 Å². The molecular weight excluding hydrogens is 401 g/mol. The van der Waals surface area contributed by atoms with E-state index in [1.807, 2.05) is 0 Å². The van der Waals surface area contributed by atoms with Crippen molar-refractivity contribution in [3.05, 3.63) is 41.5 Å². The molecule has 8 heteroatoms. The second-order valence-corrected chi connectivity index (χ2v) is 9.11. The van der Waals surface area contributed by atoms with E-state index in [4.69, 9.17) is 24.9 Å². The Morgan fingerprint density at radius 1 is 1.23 bits per heavy atom. The van der Waals surface area contributed by atoms with Gasteiger partial charge in [-0.25, -0.2) is 19.2 Å². The summed E-state index contributed by atoms with van der Waals surface area (Å²) < 4.78 is 31.5. The molecule has 1 aliphatic carbocycles. The van der Waals surface area contributed by atoms with E-state index in [9.17, 15) is 9.18 Å². The van der Waals surface area contributed by atoms with Crippen LogP contribution >= 0.6 is 0 Å². The molecule has 1 aliphatic heterocycles. The highest BCUT2D eigenvalue weighted by atomic mass is 19.1. The molecule has 31 heavy (non-hydrogen) atoms. The molecule has 0 amide bonds. The van der Waals surface area contributed by atoms with Crippen molar-refractivity contribution >= 4 is 11.8 Å². The van der Waals surface area contributed by atoms with Crippen LogP contribution in [0, 0.1) is 5.82 Å². The van der Waals surface area contributed by atoms with Crippen molar-refractivity contribution in [2.75, 3.05) is 18.9 Å². The van der Waals surface area contributed by atoms with E-state index >= 15 is 0 Å². The number of carbonyl (C=O) groups is 1. The van der Waals surface area contributed by atoms with Crippen LogP contribution in [0.3, 0.4) is 0 Å². The van der Waals surface area contributed by atoms with Crippen LogP contribution < -0.4 is 5.73 Å². The maximum absolute atomic E-state index is 14.7. The van der Waals surface area contributed by atoms with Crippen LogP contribution in [0.1, 0.15) is 68.4 Å². The van der Waals surface area contributed by atoms with E-state index in [-0.39, 0.29) is 17.3 Å². The van der Waals surface area contributed by atoms with Gasteiger partial charge in [-0.2, -0.15) is 0 Å². The third kappa shape index (κ3) is 4.70. The number of halogens is 1. The average molecular weight is 429 g/mol. The van der Waals surface area contributed by atoms with Gasteiger partial charge in [0, 0.05) is 24.3 Å². The first-order chi connectivity index (χ1) is 14.7. The number of anilines is 1. The molecule has 2 heterocycles. The lowest BCUT2D eigenvalue weighted by Gasteiger charge is -2.35. The van der Waals surface area contributed by atoms with Gasteiger partial charge in [0.15, 0.2) is 5.79 Å². The van der Waals surface area contributed by atoms with E-state index in [1.54, 1.807) is 33.0 Å². The zero-order valence-corrected chi connectivity index (χ0v) is 18.1. The molecule has 0 atom stereocenters. The third-order valence-electron chi connectivity index (χ3n) is 5.66. The number of esters is 1. The number of ether oxygens (including phenoxy) is 3. The first-order valence-corrected chi connectivity index (χ1v) is 10.6. The summed E-state index contributed by atoms with van der Waals surface area (Å²) in [6, 6.07) is 4.26. The van der Waals surface area contributed by atoms with Crippen molar-refractivity contribution in [3.63, 3.8) is 0 Å². The van der Waals surface area contributed by atoms with E-state index < -0.39 is 23.2 Å². The van der Waals surface area contributed by atoms with Crippen molar-refractivity contribution in [2.24, 2.45) is 0 Å². The van der Waals surface area contributed by atoms with Crippen LogP contribution in [0.25, 0.3) is 11.3 Å². The number of hydrogen-bond donors (Lipinski definition) is 1. The monoisotopic (exact) mass is 429 g/mol. The van der Waals surface area contributed by atoms with E-state index in [1.165, 1.54) is 12.1 Å². The highest BCUT2D eigenvalue weighted by molar-refractivity contribution is 5.90. The van der Waals surface area contributed by atoms with E-state index in [2.05, 4.69) is 4.98 Å². The molecule has 2 aliphatic rings. The zero-order chi connectivity index (χ0) is 22.2. The molecular formula is C23H28FN3O4. The molecule has 2 N–H and O–H groups in total. The van der Waals surface area contributed by atoms with Crippen LogP contribution in [-0.4, -0.2) is 40.5 Å². The van der Waals surface area contributed by atoms with Gasteiger partial charge >= 0.3 is 5.97 Å². The minimum Gasteiger partial charge on any atom is -0.456 e. The molecule has 4 rings (SSSR count). The Hall–Kier alpha value is -2.58. The van der Waals surface area contributed by atoms with E-state index in [0.717, 1.165) is 31.4 Å². The lowest BCUT2D eigenvalue weighted by atomic mass is 9.83. The Kier molecular flexibility index (Phi) is 5.70. The fraction of sp³-hybridized carbons (Fsp3) is 0.522. The van der Waals surface area contributed by atoms with Gasteiger partial charge in [-0.3, -0.25) is 0 Å². The Balaban J connectivity index is 1.55. The molecule has 1 saturated heterocycles. The standard InChI is InChI=1S/C23H28FN3O4/c1-22(2,3)31-21(28)16-5-4-15(12-17(16)24)19-20(25)26-13-18(27-19)14-6-8-23(9-7-14)29-10-11-30-23/h4-5,12-14H,6-11H2,1-3H3,(H2,25,26). The Morgan fingerprint density at radius 2 is 1.90 bits per heavy atom. The largest absolute Gasteiger partial charge is 0.456 e. The molecule has 166 valence electrons. The molecule has 1 saturated carbocycles. The number of nitrogens with zero attached hydrogens (tertiary/aromatic N) is 2. The number of nitrogens with two attached hydrogens (primary N) is 1. The Morgan fingerprint density at radius 3 is 2.52 bits per heavy atom. The summed E-state index contributed by atoms with van der Waals surface area (Å²) >= 11 is 0. The fourth-order valence-corrected chi connectivity index (χ4v) is 4.12. The van der Waals surface area contributed by atoms with Crippen LogP contribution in [0.2, 0.25) is 0 Å². The summed E-state index contributed by atoms with van der Waals surface area (Å²) in [5.41, 5.74) is 6.89. The smallest absolute Gasteiger partial charge is 0.341 e. The molecule has 0 bridgehead atoms. The summed E-state index contributed by atoms with van der Waals surface area (Å²) in [6.45, 7) is 6.48. The van der Waals surface area contributed by atoms with Crippen molar-refractivity contribution in [3.8, 4) is 11.3 Å². The molecule has 1 aromatic carbocycles. The number of rotatable bonds is 3. The number of carbonyl (C=O) groups excluding carboxylic acids is 1. The quantitative estimate of drug-likeness (QED) is 0.730. The summed E-state index contributed by atoms with van der Waals surface area (Å²) in [6.07, 6.45) is 5.02. The number of benzene rings is 1. The zero-order valence-electron chi connectivity index (χ0n) is 18.1. The first kappa shape index (κ1) is 21.6. The lowest BCUT2D eigenvalue weighted by Crippen LogP contribution is -2.34. The lowest BCUT2D eigenvalue weighted by molar-refractivity contribution is -0.178. The first-order valence-electron chi connectivity index (χ1n) is 10.6. The number of hydrogen-bond acceptors (Lipinski definition) is 7. The topological polar surface area (TPSA) is 96.6 Å². The summed E-state index contributed by atoms with van der Waals surface area (Å²) in [4.78, 5) is 21.2. The normalized spacial score (nSPS) is 19.0. The highest BCUT2D eigenvalue weighted by Crippen LogP contribution is 2.42. The number of aromatic nitrogens is 2. The minimum atomic E-state index is -0.711. The molecule has 1 spiro atoms. The summed E-state index contributed by atoms with van der Waals surface area (Å²) in [5.74, 6) is -1.43. The van der Waals surface area contributed by atoms with Crippen LogP contribution in [-0.2, 0) is 14.2 Å². The van der Waals surface area contributed by atoms with Crippen LogP contribution in [0.15, 0.2) is 24.4 Å². The molecule has 0 radical (unpaired) electrons. The van der Waals surface area contributed by atoms with Gasteiger partial charge in [0.2, 0.25) is 0 Å². The van der Waals surface area contributed by atoms with Gasteiger partial charge in [-0.05, 0) is 45.7 Å². The Bertz CT molecular complexity index is 973. The van der Waals surface area contributed by atoms with Gasteiger partial charge in [0.1, 0.15) is 22.9 Å². The SMILES string of the molecule is CC(C)(C)OC(=O)c1ccc(-c2nc(C3CCC4(CC3)OCCO4)cnc2N)cc1F. The maximum Gasteiger partial charge on any atom is 0.341 e. The van der Waals surface area contributed by atoms with Gasteiger partial charge in [-0.15, -0.1) is 0 Å².